The van der Waals surface area contributed by atoms with Crippen molar-refractivity contribution in [3.63, 3.8) is 0 Å². The van der Waals surface area contributed by atoms with Gasteiger partial charge in [-0.15, -0.1) is 0 Å². The van der Waals surface area contributed by atoms with Crippen LogP contribution in [0.1, 0.15) is 45.8 Å². The first-order chi connectivity index (χ1) is 17.3. The molecule has 9 nitrogen and oxygen atoms in total. The van der Waals surface area contributed by atoms with Crippen LogP contribution in [0.4, 0.5) is 5.69 Å². The Hall–Kier alpha value is -3.85. The van der Waals surface area contributed by atoms with Crippen LogP contribution >= 0.6 is 0 Å². The summed E-state index contributed by atoms with van der Waals surface area (Å²) in [6.45, 7) is 6.36. The third-order valence-corrected chi connectivity index (χ3v) is 6.50. The van der Waals surface area contributed by atoms with Gasteiger partial charge in [0.15, 0.2) is 11.5 Å². The van der Waals surface area contributed by atoms with Crippen molar-refractivity contribution in [3.8, 4) is 11.5 Å². The number of methoxy groups -OCH3 is 1. The molecule has 1 atom stereocenters. The van der Waals surface area contributed by atoms with Crippen LogP contribution in [0.25, 0.3) is 0 Å². The van der Waals surface area contributed by atoms with Crippen LogP contribution < -0.4 is 20.5 Å². The van der Waals surface area contributed by atoms with Crippen LogP contribution in [-0.4, -0.2) is 42.1 Å². The summed E-state index contributed by atoms with van der Waals surface area (Å²) in [5.41, 5.74) is 9.40. The van der Waals surface area contributed by atoms with E-state index in [1.807, 2.05) is 38.1 Å². The molecule has 9 heteroatoms. The molecule has 1 fully saturated rings. The van der Waals surface area contributed by atoms with E-state index >= 15 is 0 Å². The molecule has 4 rings (SSSR count). The van der Waals surface area contributed by atoms with E-state index in [4.69, 9.17) is 19.7 Å². The largest absolute Gasteiger partial charge is 0.493 e. The average Bonchev–Trinajstić information content (AvgIpc) is 3.20. The van der Waals surface area contributed by atoms with Gasteiger partial charge in [-0.25, -0.2) is 0 Å². The SMILES string of the molecule is COc1cc(C(=O)Nc2ccc(CN3CCCC(C(N)=O)C3)cc2)ccc1OCc1c(C)noc1C. The monoisotopic (exact) mass is 492 g/mol. The van der Waals surface area contributed by atoms with Gasteiger partial charge in [-0.2, -0.15) is 0 Å². The van der Waals surface area contributed by atoms with E-state index in [1.54, 1.807) is 18.2 Å². The quantitative estimate of drug-likeness (QED) is 0.466. The molecule has 2 heterocycles. The third-order valence-electron chi connectivity index (χ3n) is 6.50. The summed E-state index contributed by atoms with van der Waals surface area (Å²) in [6, 6.07) is 12.8. The number of hydrogen-bond acceptors (Lipinski definition) is 7. The fourth-order valence-corrected chi connectivity index (χ4v) is 4.37. The number of piperidine rings is 1. The van der Waals surface area contributed by atoms with Crippen molar-refractivity contribution in [3.05, 3.63) is 70.6 Å². The number of amides is 2. The highest BCUT2D eigenvalue weighted by Gasteiger charge is 2.23. The molecule has 1 unspecified atom stereocenters. The van der Waals surface area contributed by atoms with Gasteiger partial charge < -0.3 is 25.0 Å². The number of likely N-dealkylation sites (tertiary alicyclic amines) is 1. The first kappa shape index (κ1) is 25.2. The highest BCUT2D eigenvalue weighted by atomic mass is 16.5. The highest BCUT2D eigenvalue weighted by molar-refractivity contribution is 6.04. The summed E-state index contributed by atoms with van der Waals surface area (Å²) in [5, 5.41) is 6.85. The Balaban J connectivity index is 1.35. The van der Waals surface area contributed by atoms with Crippen molar-refractivity contribution in [1.82, 2.24) is 10.1 Å². The van der Waals surface area contributed by atoms with Crippen molar-refractivity contribution >= 4 is 17.5 Å². The number of rotatable bonds is 9. The zero-order chi connectivity index (χ0) is 25.7. The minimum absolute atomic E-state index is 0.0815. The zero-order valence-corrected chi connectivity index (χ0v) is 20.9. The molecule has 0 saturated carbocycles. The molecule has 2 aromatic carbocycles. The van der Waals surface area contributed by atoms with E-state index in [1.165, 1.54) is 7.11 Å². The summed E-state index contributed by atoms with van der Waals surface area (Å²) < 4.78 is 16.5. The second-order valence-corrected chi connectivity index (χ2v) is 9.08. The first-order valence-electron chi connectivity index (χ1n) is 12.0. The Morgan fingerprint density at radius 2 is 1.94 bits per heavy atom. The van der Waals surface area contributed by atoms with Crippen LogP contribution in [0.2, 0.25) is 0 Å². The Morgan fingerprint density at radius 3 is 2.61 bits per heavy atom. The van der Waals surface area contributed by atoms with Gasteiger partial charge in [-0.05, 0) is 69.1 Å². The van der Waals surface area contributed by atoms with Gasteiger partial charge in [-0.3, -0.25) is 14.5 Å². The maximum absolute atomic E-state index is 12.8. The zero-order valence-electron chi connectivity index (χ0n) is 20.9. The van der Waals surface area contributed by atoms with E-state index in [0.717, 1.165) is 42.8 Å². The summed E-state index contributed by atoms with van der Waals surface area (Å²) in [5.74, 6) is 1.13. The van der Waals surface area contributed by atoms with Crippen LogP contribution in [-0.2, 0) is 17.9 Å². The molecule has 1 saturated heterocycles. The maximum atomic E-state index is 12.8. The van der Waals surface area contributed by atoms with Gasteiger partial charge in [0.2, 0.25) is 5.91 Å². The smallest absolute Gasteiger partial charge is 0.255 e. The molecule has 0 aliphatic carbocycles. The van der Waals surface area contributed by atoms with Crippen LogP contribution in [0, 0.1) is 19.8 Å². The lowest BCUT2D eigenvalue weighted by molar-refractivity contribution is -0.123. The predicted octanol–water partition coefficient (Wildman–Crippen LogP) is 3.83. The average molecular weight is 493 g/mol. The number of carbonyl (C=O) groups excluding carboxylic acids is 2. The number of nitrogens with two attached hydrogens (primary N) is 1. The molecular weight excluding hydrogens is 460 g/mol. The summed E-state index contributed by atoms with van der Waals surface area (Å²) in [6.07, 6.45) is 1.82. The molecule has 0 spiro atoms. The first-order valence-corrected chi connectivity index (χ1v) is 12.0. The van der Waals surface area contributed by atoms with Crippen LogP contribution in [0.5, 0.6) is 11.5 Å². The fourth-order valence-electron chi connectivity index (χ4n) is 4.37. The standard InChI is InChI=1S/C27H32N4O5/c1-17-23(18(2)36-30-17)16-35-24-11-8-20(13-25(24)34-3)27(33)29-22-9-6-19(7-10-22)14-31-12-4-5-21(15-31)26(28)32/h6-11,13,21H,4-5,12,14-16H2,1-3H3,(H2,28,32)(H,29,33). The molecule has 1 aliphatic heterocycles. The molecule has 190 valence electrons. The Morgan fingerprint density at radius 1 is 1.17 bits per heavy atom. The molecule has 2 amide bonds. The lowest BCUT2D eigenvalue weighted by Crippen LogP contribution is -2.40. The van der Waals surface area contributed by atoms with E-state index < -0.39 is 0 Å². The number of aromatic nitrogens is 1. The predicted molar refractivity (Wildman–Crippen MR) is 135 cm³/mol. The molecule has 36 heavy (non-hydrogen) atoms. The molecule has 0 bridgehead atoms. The van der Waals surface area contributed by atoms with Crippen molar-refractivity contribution in [2.45, 2.75) is 39.8 Å². The number of anilines is 1. The van der Waals surface area contributed by atoms with Gasteiger partial charge in [-0.1, -0.05) is 17.3 Å². The number of nitrogens with zero attached hydrogens (tertiary/aromatic N) is 2. The molecule has 1 aromatic heterocycles. The normalized spacial score (nSPS) is 15.9. The molecule has 1 aliphatic rings. The maximum Gasteiger partial charge on any atom is 0.255 e. The Bertz CT molecular complexity index is 1200. The Kier molecular flexibility index (Phi) is 7.90. The minimum atomic E-state index is -0.251. The number of aryl methyl sites for hydroxylation is 2. The number of benzene rings is 2. The Labute approximate surface area is 210 Å². The topological polar surface area (TPSA) is 120 Å². The van der Waals surface area contributed by atoms with Crippen molar-refractivity contribution in [2.24, 2.45) is 11.7 Å². The van der Waals surface area contributed by atoms with Gasteiger partial charge in [0, 0.05) is 24.3 Å². The third kappa shape index (κ3) is 6.04. The second kappa shape index (κ2) is 11.3. The van der Waals surface area contributed by atoms with E-state index in [2.05, 4.69) is 15.4 Å². The number of carbonyl (C=O) groups is 2. The molecule has 3 aromatic rings. The van der Waals surface area contributed by atoms with Crippen LogP contribution in [0.3, 0.4) is 0 Å². The summed E-state index contributed by atoms with van der Waals surface area (Å²) in [7, 11) is 1.53. The van der Waals surface area contributed by atoms with Crippen molar-refractivity contribution in [2.75, 3.05) is 25.5 Å². The highest BCUT2D eigenvalue weighted by Crippen LogP contribution is 2.30. The van der Waals surface area contributed by atoms with Crippen molar-refractivity contribution in [1.29, 1.82) is 0 Å². The van der Waals surface area contributed by atoms with E-state index in [-0.39, 0.29) is 24.3 Å². The molecular formula is C27H32N4O5. The minimum Gasteiger partial charge on any atom is -0.493 e. The number of ether oxygens (including phenoxy) is 2. The number of primary amides is 1. The van der Waals surface area contributed by atoms with Gasteiger partial charge in [0.1, 0.15) is 12.4 Å². The fraction of sp³-hybridized carbons (Fsp3) is 0.370. The molecule has 3 N–H and O–H groups in total. The lowest BCUT2D eigenvalue weighted by atomic mass is 9.97. The number of hydrogen-bond donors (Lipinski definition) is 2. The van der Waals surface area contributed by atoms with E-state index in [9.17, 15) is 9.59 Å². The number of nitrogens with one attached hydrogen (secondary N) is 1. The second-order valence-electron chi connectivity index (χ2n) is 9.08. The van der Waals surface area contributed by atoms with Gasteiger partial charge >= 0.3 is 0 Å². The lowest BCUT2D eigenvalue weighted by Gasteiger charge is -2.31. The summed E-state index contributed by atoms with van der Waals surface area (Å²) in [4.78, 5) is 26.6. The van der Waals surface area contributed by atoms with Gasteiger partial charge in [0.05, 0.1) is 24.3 Å². The van der Waals surface area contributed by atoms with Gasteiger partial charge in [0.25, 0.3) is 5.91 Å². The van der Waals surface area contributed by atoms with E-state index in [0.29, 0.717) is 35.1 Å². The van der Waals surface area contributed by atoms with Crippen molar-refractivity contribution < 1.29 is 23.6 Å². The summed E-state index contributed by atoms with van der Waals surface area (Å²) >= 11 is 0. The molecule has 0 radical (unpaired) electrons. The van der Waals surface area contributed by atoms with Crippen LogP contribution in [0.15, 0.2) is 47.0 Å².